The largest absolute Gasteiger partial charge is 0.186 e. The SMILES string of the molecule is C=CC[N+](c1ccccc1)c1ccccc1. The first-order valence-electron chi connectivity index (χ1n) is 5.40. The number of rotatable bonds is 4. The third kappa shape index (κ3) is 2.38. The Morgan fingerprint density at radius 2 is 1.25 bits per heavy atom. The van der Waals surface area contributed by atoms with Crippen molar-refractivity contribution in [2.24, 2.45) is 0 Å². The Hall–Kier alpha value is -1.86. The lowest BCUT2D eigenvalue weighted by Gasteiger charge is -2.08. The summed E-state index contributed by atoms with van der Waals surface area (Å²) in [4.78, 5) is 2.23. The molecule has 2 aromatic carbocycles. The van der Waals surface area contributed by atoms with Gasteiger partial charge in [0, 0.05) is 24.3 Å². The Balaban J connectivity index is 2.35. The minimum atomic E-state index is 0.814. The van der Waals surface area contributed by atoms with Crippen LogP contribution in [0.2, 0.25) is 0 Å². The first-order valence-corrected chi connectivity index (χ1v) is 5.40. The van der Waals surface area contributed by atoms with Crippen molar-refractivity contribution in [2.45, 2.75) is 0 Å². The summed E-state index contributed by atoms with van der Waals surface area (Å²) >= 11 is 0. The minimum Gasteiger partial charge on any atom is -0.0973 e. The van der Waals surface area contributed by atoms with Gasteiger partial charge < -0.3 is 0 Å². The predicted molar refractivity (Wildman–Crippen MR) is 69.4 cm³/mol. The average Bonchev–Trinajstić information content (AvgIpc) is 2.38. The molecule has 0 spiro atoms. The van der Waals surface area contributed by atoms with E-state index >= 15 is 0 Å². The van der Waals surface area contributed by atoms with E-state index in [1.54, 1.807) is 0 Å². The highest BCUT2D eigenvalue weighted by molar-refractivity contribution is 5.53. The standard InChI is InChI=1S/C15H15N/c1-2-13-16(14-9-5-3-6-10-14)15-11-7-4-8-12-15/h2-12H,1,13H2/q+1. The molecule has 1 heteroatoms. The Labute approximate surface area is 96.7 Å². The highest BCUT2D eigenvalue weighted by atomic mass is 15.1. The predicted octanol–water partition coefficient (Wildman–Crippen LogP) is 3.98. The van der Waals surface area contributed by atoms with Gasteiger partial charge in [-0.15, -0.1) is 0 Å². The van der Waals surface area contributed by atoms with Crippen molar-refractivity contribution in [1.82, 2.24) is 4.90 Å². The van der Waals surface area contributed by atoms with Gasteiger partial charge in [0.2, 0.25) is 0 Å². The zero-order valence-corrected chi connectivity index (χ0v) is 9.21. The van der Waals surface area contributed by atoms with Crippen LogP contribution in [-0.2, 0) is 0 Å². The second-order valence-corrected chi connectivity index (χ2v) is 3.57. The summed E-state index contributed by atoms with van der Waals surface area (Å²) in [6, 6.07) is 20.7. The molecule has 1 radical (unpaired) electrons. The van der Waals surface area contributed by atoms with Gasteiger partial charge in [-0.2, -0.15) is 0 Å². The van der Waals surface area contributed by atoms with Crippen molar-refractivity contribution in [3.8, 4) is 0 Å². The van der Waals surface area contributed by atoms with E-state index in [4.69, 9.17) is 0 Å². The van der Waals surface area contributed by atoms with Gasteiger partial charge in [-0.3, -0.25) is 0 Å². The fourth-order valence-corrected chi connectivity index (χ4v) is 1.70. The fourth-order valence-electron chi connectivity index (χ4n) is 1.70. The minimum absolute atomic E-state index is 0.814. The van der Waals surface area contributed by atoms with E-state index in [0.29, 0.717) is 0 Å². The lowest BCUT2D eigenvalue weighted by atomic mass is 10.2. The molecular weight excluding hydrogens is 194 g/mol. The van der Waals surface area contributed by atoms with E-state index in [9.17, 15) is 0 Å². The lowest BCUT2D eigenvalue weighted by molar-refractivity contribution is 0.769. The Morgan fingerprint density at radius 1 is 0.812 bits per heavy atom. The van der Waals surface area contributed by atoms with E-state index in [0.717, 1.165) is 6.54 Å². The van der Waals surface area contributed by atoms with Gasteiger partial charge >= 0.3 is 0 Å². The zero-order chi connectivity index (χ0) is 11.2. The van der Waals surface area contributed by atoms with Crippen molar-refractivity contribution < 1.29 is 0 Å². The maximum absolute atomic E-state index is 3.81. The van der Waals surface area contributed by atoms with E-state index in [-0.39, 0.29) is 0 Å². The van der Waals surface area contributed by atoms with Crippen molar-refractivity contribution in [1.29, 1.82) is 0 Å². The van der Waals surface area contributed by atoms with E-state index in [1.165, 1.54) is 11.4 Å². The van der Waals surface area contributed by atoms with Gasteiger partial charge in [-0.05, 0) is 6.08 Å². The molecule has 0 aliphatic carbocycles. The molecule has 0 fully saturated rings. The fraction of sp³-hybridized carbons (Fsp3) is 0.0667. The van der Waals surface area contributed by atoms with Crippen molar-refractivity contribution in [3.63, 3.8) is 0 Å². The molecule has 2 aromatic rings. The molecule has 0 aromatic heterocycles. The van der Waals surface area contributed by atoms with E-state index < -0.39 is 0 Å². The number of hydrogen-bond donors (Lipinski definition) is 0. The molecule has 0 atom stereocenters. The molecule has 0 saturated heterocycles. The van der Waals surface area contributed by atoms with Gasteiger partial charge in [0.15, 0.2) is 17.9 Å². The topological polar surface area (TPSA) is 5.90 Å². The smallest absolute Gasteiger partial charge is 0.0973 e. The summed E-state index contributed by atoms with van der Waals surface area (Å²) < 4.78 is 0. The van der Waals surface area contributed by atoms with Crippen molar-refractivity contribution in [2.75, 3.05) is 6.54 Å². The quantitative estimate of drug-likeness (QED) is 0.530. The number of anilines is 2. The summed E-state index contributed by atoms with van der Waals surface area (Å²) in [6.07, 6.45) is 1.92. The highest BCUT2D eigenvalue weighted by Gasteiger charge is 2.19. The van der Waals surface area contributed by atoms with Crippen LogP contribution in [0.3, 0.4) is 0 Å². The van der Waals surface area contributed by atoms with Crippen LogP contribution in [0.1, 0.15) is 0 Å². The number of nitrogens with zero attached hydrogens (tertiary/aromatic N) is 1. The molecule has 79 valence electrons. The van der Waals surface area contributed by atoms with Crippen LogP contribution in [0.25, 0.3) is 0 Å². The molecule has 1 nitrogen and oxygen atoms in total. The maximum Gasteiger partial charge on any atom is 0.186 e. The van der Waals surface area contributed by atoms with Crippen molar-refractivity contribution in [3.05, 3.63) is 73.3 Å². The summed E-state index contributed by atoms with van der Waals surface area (Å²) in [5.74, 6) is 0. The summed E-state index contributed by atoms with van der Waals surface area (Å²) in [5.41, 5.74) is 2.38. The molecule has 0 aliphatic rings. The van der Waals surface area contributed by atoms with Gasteiger partial charge in [0.05, 0.1) is 0 Å². The molecule has 0 heterocycles. The summed E-state index contributed by atoms with van der Waals surface area (Å²) in [5, 5.41) is 0. The Kier molecular flexibility index (Phi) is 3.52. The van der Waals surface area contributed by atoms with Crippen LogP contribution < -0.4 is 4.90 Å². The Morgan fingerprint density at radius 3 is 1.62 bits per heavy atom. The van der Waals surface area contributed by atoms with Crippen molar-refractivity contribution >= 4 is 11.4 Å². The van der Waals surface area contributed by atoms with Crippen LogP contribution >= 0.6 is 0 Å². The van der Waals surface area contributed by atoms with Gasteiger partial charge in [-0.1, -0.05) is 47.9 Å². The average molecular weight is 209 g/mol. The molecule has 0 bridgehead atoms. The lowest BCUT2D eigenvalue weighted by Crippen LogP contribution is -2.17. The maximum atomic E-state index is 3.81. The van der Waals surface area contributed by atoms with Crippen LogP contribution in [0.4, 0.5) is 11.4 Å². The summed E-state index contributed by atoms with van der Waals surface area (Å²) in [6.45, 7) is 4.62. The molecular formula is C15H15N+. The molecule has 2 rings (SSSR count). The number of hydrogen-bond acceptors (Lipinski definition) is 1. The van der Waals surface area contributed by atoms with E-state index in [2.05, 4.69) is 35.7 Å². The van der Waals surface area contributed by atoms with Crippen LogP contribution in [0, 0.1) is 0 Å². The third-order valence-corrected chi connectivity index (χ3v) is 2.45. The number of para-hydroxylation sites is 2. The highest BCUT2D eigenvalue weighted by Crippen LogP contribution is 2.23. The molecule has 16 heavy (non-hydrogen) atoms. The molecule has 0 aliphatic heterocycles. The van der Waals surface area contributed by atoms with Crippen LogP contribution in [0.5, 0.6) is 0 Å². The van der Waals surface area contributed by atoms with Gasteiger partial charge in [0.1, 0.15) is 0 Å². The first-order chi connectivity index (χ1) is 7.92. The number of benzene rings is 2. The van der Waals surface area contributed by atoms with E-state index in [1.807, 2.05) is 42.5 Å². The zero-order valence-electron chi connectivity index (χ0n) is 9.21. The van der Waals surface area contributed by atoms with Crippen LogP contribution in [-0.4, -0.2) is 6.54 Å². The molecule has 0 N–H and O–H groups in total. The van der Waals surface area contributed by atoms with Gasteiger partial charge in [0.25, 0.3) is 0 Å². The molecule has 0 saturated carbocycles. The second-order valence-electron chi connectivity index (χ2n) is 3.57. The molecule has 0 amide bonds. The Bertz CT molecular complexity index is 394. The third-order valence-electron chi connectivity index (χ3n) is 2.45. The molecule has 0 unspecified atom stereocenters. The second kappa shape index (κ2) is 5.29. The van der Waals surface area contributed by atoms with Crippen LogP contribution in [0.15, 0.2) is 73.3 Å². The first kappa shape index (κ1) is 10.7. The normalized spacial score (nSPS) is 10.3. The monoisotopic (exact) mass is 209 g/mol. The van der Waals surface area contributed by atoms with Gasteiger partial charge in [-0.25, -0.2) is 0 Å². The summed E-state index contributed by atoms with van der Waals surface area (Å²) in [7, 11) is 0.